The van der Waals surface area contributed by atoms with E-state index in [1.807, 2.05) is 70.2 Å². The van der Waals surface area contributed by atoms with Gasteiger partial charge in [-0.25, -0.2) is 4.79 Å². The molecule has 0 bridgehead atoms. The van der Waals surface area contributed by atoms with Crippen LogP contribution in [0.25, 0.3) is 0 Å². The van der Waals surface area contributed by atoms with Gasteiger partial charge in [-0.05, 0) is 64.3 Å². The number of amides is 1. The summed E-state index contributed by atoms with van der Waals surface area (Å²) in [4.78, 5) is 26.1. The maximum Gasteiger partial charge on any atom is 0.410 e. The Hall–Kier alpha value is -3.06. The molecule has 0 radical (unpaired) electrons. The number of nitrogens with zero attached hydrogens (tertiary/aromatic N) is 1. The second kappa shape index (κ2) is 10.3. The van der Waals surface area contributed by atoms with E-state index in [0.717, 1.165) is 11.1 Å². The molecule has 7 heteroatoms. The lowest BCUT2D eigenvalue weighted by atomic mass is 10.0. The van der Waals surface area contributed by atoms with E-state index < -0.39 is 23.9 Å². The van der Waals surface area contributed by atoms with Crippen LogP contribution in [0.1, 0.15) is 51.8 Å². The van der Waals surface area contributed by atoms with Gasteiger partial charge in [-0.1, -0.05) is 36.4 Å². The smallest absolute Gasteiger partial charge is 0.410 e. The fraction of sp³-hybridized carbons (Fsp3) is 0.462. The molecular formula is C26H33NO6. The first kappa shape index (κ1) is 24.6. The number of aliphatic hydroxyl groups is 1. The van der Waals surface area contributed by atoms with Crippen molar-refractivity contribution in [3.05, 3.63) is 59.7 Å². The summed E-state index contributed by atoms with van der Waals surface area (Å²) in [6, 6.07) is 14.5. The number of ketones is 1. The number of benzene rings is 2. The van der Waals surface area contributed by atoms with Crippen molar-refractivity contribution in [2.45, 2.75) is 64.9 Å². The van der Waals surface area contributed by atoms with Gasteiger partial charge in [0.25, 0.3) is 0 Å². The highest BCUT2D eigenvalue weighted by atomic mass is 16.6. The normalized spacial score (nSPS) is 17.1. The van der Waals surface area contributed by atoms with Gasteiger partial charge in [-0.2, -0.15) is 0 Å². The Kier molecular flexibility index (Phi) is 7.64. The molecule has 3 atom stereocenters. The molecule has 0 aliphatic carbocycles. The molecule has 3 rings (SSSR count). The van der Waals surface area contributed by atoms with Crippen LogP contribution >= 0.6 is 0 Å². The second-order valence-corrected chi connectivity index (χ2v) is 9.42. The molecule has 1 aliphatic heterocycles. The van der Waals surface area contributed by atoms with E-state index in [9.17, 15) is 14.7 Å². The second-order valence-electron chi connectivity index (χ2n) is 9.42. The first-order valence-corrected chi connectivity index (χ1v) is 11.2. The number of aliphatic hydroxyl groups excluding tert-OH is 1. The van der Waals surface area contributed by atoms with Crippen LogP contribution in [0.3, 0.4) is 0 Å². The van der Waals surface area contributed by atoms with Crippen molar-refractivity contribution in [3.8, 4) is 11.5 Å². The highest BCUT2D eigenvalue weighted by Crippen LogP contribution is 2.33. The summed E-state index contributed by atoms with van der Waals surface area (Å²) >= 11 is 0. The minimum absolute atomic E-state index is 0.0803. The molecule has 1 amide bonds. The van der Waals surface area contributed by atoms with Crippen LogP contribution < -0.4 is 9.47 Å². The minimum Gasteiger partial charge on any atom is -0.485 e. The van der Waals surface area contributed by atoms with Crippen LogP contribution in [0.2, 0.25) is 0 Å². The fourth-order valence-electron chi connectivity index (χ4n) is 3.62. The predicted octanol–water partition coefficient (Wildman–Crippen LogP) is 4.32. The van der Waals surface area contributed by atoms with Crippen molar-refractivity contribution in [1.29, 1.82) is 0 Å². The summed E-state index contributed by atoms with van der Waals surface area (Å²) in [5.74, 6) is 1.02. The summed E-state index contributed by atoms with van der Waals surface area (Å²) in [5, 5.41) is 10.8. The van der Waals surface area contributed by atoms with Crippen LogP contribution in [-0.4, -0.2) is 52.8 Å². The maximum absolute atomic E-state index is 13.0. The van der Waals surface area contributed by atoms with Gasteiger partial charge in [0, 0.05) is 6.04 Å². The predicted molar refractivity (Wildman–Crippen MR) is 125 cm³/mol. The Morgan fingerprint density at radius 2 is 1.85 bits per heavy atom. The molecular weight excluding hydrogens is 422 g/mol. The number of rotatable bonds is 7. The number of Topliss-reactive ketones (excluding diaryl/α,β-unsaturated/α-hetero) is 1. The Balaban J connectivity index is 1.76. The molecule has 0 saturated carbocycles. The third-order valence-electron chi connectivity index (χ3n) is 5.37. The van der Waals surface area contributed by atoms with E-state index in [0.29, 0.717) is 17.9 Å². The summed E-state index contributed by atoms with van der Waals surface area (Å²) in [7, 11) is 0. The van der Waals surface area contributed by atoms with Crippen LogP contribution in [0.15, 0.2) is 48.5 Å². The number of carbonyl (C=O) groups excluding carboxylic acids is 2. The first-order chi connectivity index (χ1) is 15.5. The molecule has 1 unspecified atom stereocenters. The van der Waals surface area contributed by atoms with Crippen LogP contribution in [-0.2, 0) is 16.0 Å². The summed E-state index contributed by atoms with van der Waals surface area (Å²) in [5.41, 5.74) is 1.02. The van der Waals surface area contributed by atoms with E-state index in [-0.39, 0.29) is 25.0 Å². The lowest BCUT2D eigenvalue weighted by molar-refractivity contribution is -0.125. The van der Waals surface area contributed by atoms with Crippen molar-refractivity contribution in [1.82, 2.24) is 4.90 Å². The average Bonchev–Trinajstić information content (AvgIpc) is 2.76. The van der Waals surface area contributed by atoms with Crippen molar-refractivity contribution < 1.29 is 28.9 Å². The largest absolute Gasteiger partial charge is 0.485 e. The Bertz CT molecular complexity index is 968. The zero-order valence-electron chi connectivity index (χ0n) is 19.9. The van der Waals surface area contributed by atoms with Gasteiger partial charge >= 0.3 is 6.09 Å². The lowest BCUT2D eigenvalue weighted by Crippen LogP contribution is -2.45. The van der Waals surface area contributed by atoms with Crippen LogP contribution in [0, 0.1) is 0 Å². The number of carbonyl (C=O) groups is 2. The van der Waals surface area contributed by atoms with Gasteiger partial charge in [0.2, 0.25) is 0 Å². The zero-order chi connectivity index (χ0) is 24.2. The Morgan fingerprint density at radius 1 is 1.15 bits per heavy atom. The number of hydrogen-bond donors (Lipinski definition) is 1. The minimum atomic E-state index is -0.843. The lowest BCUT2D eigenvalue weighted by Gasteiger charge is -2.33. The van der Waals surface area contributed by atoms with Crippen molar-refractivity contribution >= 4 is 11.9 Å². The standard InChI is InChI=1S/C26H33NO6/c1-17(13-19-11-12-22-23(14-19)31-16-24(32-22)18(2)28)27(25(30)33-26(3,4)5)15-21(29)20-9-7-6-8-10-20/h6-12,14,17,21,24,29H,13,15-16H2,1-5H3/t17?,21-,24+/m0/s1. The quantitative estimate of drug-likeness (QED) is 0.669. The van der Waals surface area contributed by atoms with E-state index >= 15 is 0 Å². The number of fused-ring (bicyclic) bond motifs is 1. The molecule has 0 spiro atoms. The molecule has 33 heavy (non-hydrogen) atoms. The highest BCUT2D eigenvalue weighted by Gasteiger charge is 2.29. The summed E-state index contributed by atoms with van der Waals surface area (Å²) in [6.07, 6.45) is -1.39. The van der Waals surface area contributed by atoms with Gasteiger partial charge < -0.3 is 24.2 Å². The number of ether oxygens (including phenoxy) is 3. The van der Waals surface area contributed by atoms with Gasteiger partial charge in [0.05, 0.1) is 12.6 Å². The van der Waals surface area contributed by atoms with Gasteiger partial charge in [0.1, 0.15) is 12.2 Å². The SMILES string of the molecule is CC(=O)[C@H]1COc2cc(CC(C)N(C[C@H](O)c3ccccc3)C(=O)OC(C)(C)C)ccc2O1. The maximum atomic E-state index is 13.0. The molecule has 2 aromatic rings. The monoisotopic (exact) mass is 455 g/mol. The number of hydrogen-bond acceptors (Lipinski definition) is 6. The Labute approximate surface area is 195 Å². The topological polar surface area (TPSA) is 85.3 Å². The van der Waals surface area contributed by atoms with Gasteiger partial charge in [-0.15, -0.1) is 0 Å². The highest BCUT2D eigenvalue weighted by molar-refractivity contribution is 5.81. The van der Waals surface area contributed by atoms with Crippen LogP contribution in [0.5, 0.6) is 11.5 Å². The van der Waals surface area contributed by atoms with E-state index in [4.69, 9.17) is 14.2 Å². The average molecular weight is 456 g/mol. The molecule has 1 aliphatic rings. The van der Waals surface area contributed by atoms with Crippen molar-refractivity contribution in [3.63, 3.8) is 0 Å². The molecule has 7 nitrogen and oxygen atoms in total. The van der Waals surface area contributed by atoms with Gasteiger partial charge in [0.15, 0.2) is 23.4 Å². The Morgan fingerprint density at radius 3 is 2.48 bits per heavy atom. The molecule has 1 heterocycles. The van der Waals surface area contributed by atoms with Crippen molar-refractivity contribution in [2.75, 3.05) is 13.2 Å². The summed E-state index contributed by atoms with van der Waals surface area (Å²) in [6.45, 7) is 9.12. The van der Waals surface area contributed by atoms with Crippen molar-refractivity contribution in [2.24, 2.45) is 0 Å². The third kappa shape index (κ3) is 6.71. The van der Waals surface area contributed by atoms with E-state index in [1.165, 1.54) is 6.92 Å². The molecule has 0 aromatic heterocycles. The molecule has 1 N–H and O–H groups in total. The summed E-state index contributed by atoms with van der Waals surface area (Å²) < 4.78 is 17.0. The molecule has 2 aromatic carbocycles. The van der Waals surface area contributed by atoms with Gasteiger partial charge in [-0.3, -0.25) is 4.79 Å². The molecule has 0 saturated heterocycles. The third-order valence-corrected chi connectivity index (χ3v) is 5.37. The molecule has 178 valence electrons. The van der Waals surface area contributed by atoms with E-state index in [2.05, 4.69) is 0 Å². The van der Waals surface area contributed by atoms with E-state index in [1.54, 1.807) is 11.0 Å². The van der Waals surface area contributed by atoms with Crippen LogP contribution in [0.4, 0.5) is 4.79 Å². The fourth-order valence-corrected chi connectivity index (χ4v) is 3.62. The first-order valence-electron chi connectivity index (χ1n) is 11.2. The molecule has 0 fully saturated rings. The zero-order valence-corrected chi connectivity index (χ0v) is 19.9.